The second kappa shape index (κ2) is 8.43. The molecule has 104 valence electrons. The van der Waals surface area contributed by atoms with Crippen molar-refractivity contribution < 1.29 is 19.1 Å². The van der Waals surface area contributed by atoms with Crippen LogP contribution in [-0.2, 0) is 25.7 Å². The highest BCUT2D eigenvalue weighted by Crippen LogP contribution is 2.09. The Morgan fingerprint density at radius 1 is 1.21 bits per heavy atom. The normalized spacial score (nSPS) is 11.9. The van der Waals surface area contributed by atoms with Crippen molar-refractivity contribution in [2.45, 2.75) is 26.9 Å². The summed E-state index contributed by atoms with van der Waals surface area (Å²) in [7, 11) is 0. The molecular formula is C15H20O4. The lowest BCUT2D eigenvalue weighted by molar-refractivity contribution is -0.151. The Morgan fingerprint density at radius 3 is 2.47 bits per heavy atom. The van der Waals surface area contributed by atoms with Gasteiger partial charge in [0, 0.05) is 6.61 Å². The first kappa shape index (κ1) is 15.4. The zero-order valence-corrected chi connectivity index (χ0v) is 11.4. The molecule has 0 radical (unpaired) electrons. The van der Waals surface area contributed by atoms with E-state index >= 15 is 0 Å². The van der Waals surface area contributed by atoms with Gasteiger partial charge in [-0.15, -0.1) is 0 Å². The standard InChI is InChI=1S/C15H20O4/c1-3-19-15(17)14(12(2)16)9-10-18-11-13-7-5-4-6-8-13/h4-8,14H,3,9-11H2,1-2H3. The molecule has 0 heterocycles. The second-order valence-electron chi connectivity index (χ2n) is 4.24. The Labute approximate surface area is 113 Å². The fraction of sp³-hybridized carbons (Fsp3) is 0.467. The van der Waals surface area contributed by atoms with Crippen LogP contribution in [0.2, 0.25) is 0 Å². The summed E-state index contributed by atoms with van der Waals surface area (Å²) in [5.41, 5.74) is 1.07. The number of carbonyl (C=O) groups excluding carboxylic acids is 2. The molecule has 0 aliphatic rings. The quantitative estimate of drug-likeness (QED) is 0.411. The number of benzene rings is 1. The maximum Gasteiger partial charge on any atom is 0.316 e. The SMILES string of the molecule is CCOC(=O)C(CCOCc1ccccc1)C(C)=O. The number of carbonyl (C=O) groups is 2. The van der Waals surface area contributed by atoms with Gasteiger partial charge in [0.05, 0.1) is 13.2 Å². The number of hydrogen-bond donors (Lipinski definition) is 0. The minimum absolute atomic E-state index is 0.179. The number of rotatable bonds is 8. The molecule has 0 fully saturated rings. The van der Waals surface area contributed by atoms with E-state index in [0.29, 0.717) is 19.6 Å². The summed E-state index contributed by atoms with van der Waals surface area (Å²) < 4.78 is 10.3. The van der Waals surface area contributed by atoms with Gasteiger partial charge < -0.3 is 9.47 Å². The average Bonchev–Trinajstić information content (AvgIpc) is 2.39. The monoisotopic (exact) mass is 264 g/mol. The highest BCUT2D eigenvalue weighted by atomic mass is 16.5. The Balaban J connectivity index is 2.33. The topological polar surface area (TPSA) is 52.6 Å². The predicted octanol–water partition coefficient (Wildman–Crippen LogP) is 2.36. The van der Waals surface area contributed by atoms with Crippen LogP contribution < -0.4 is 0 Å². The molecule has 0 saturated carbocycles. The Hall–Kier alpha value is -1.68. The Morgan fingerprint density at radius 2 is 1.89 bits per heavy atom. The minimum Gasteiger partial charge on any atom is -0.465 e. The van der Waals surface area contributed by atoms with Crippen molar-refractivity contribution in [3.05, 3.63) is 35.9 Å². The summed E-state index contributed by atoms with van der Waals surface area (Å²) in [6.07, 6.45) is 0.362. The number of ether oxygens (including phenoxy) is 2. The van der Waals surface area contributed by atoms with E-state index in [9.17, 15) is 9.59 Å². The summed E-state index contributed by atoms with van der Waals surface area (Å²) in [5, 5.41) is 0. The van der Waals surface area contributed by atoms with Gasteiger partial charge in [0.1, 0.15) is 11.7 Å². The molecule has 1 atom stereocenters. The van der Waals surface area contributed by atoms with E-state index in [1.807, 2.05) is 30.3 Å². The molecule has 1 aromatic carbocycles. The maximum atomic E-state index is 11.6. The van der Waals surface area contributed by atoms with Gasteiger partial charge in [0.15, 0.2) is 0 Å². The van der Waals surface area contributed by atoms with Gasteiger partial charge in [-0.3, -0.25) is 9.59 Å². The minimum atomic E-state index is -0.712. The van der Waals surface area contributed by atoms with E-state index in [-0.39, 0.29) is 12.4 Å². The molecule has 1 unspecified atom stereocenters. The third-order valence-electron chi connectivity index (χ3n) is 2.72. The molecule has 0 aliphatic carbocycles. The lowest BCUT2D eigenvalue weighted by Crippen LogP contribution is -2.25. The molecule has 4 nitrogen and oxygen atoms in total. The van der Waals surface area contributed by atoms with Crippen molar-refractivity contribution in [2.75, 3.05) is 13.2 Å². The van der Waals surface area contributed by atoms with E-state index in [0.717, 1.165) is 5.56 Å². The molecule has 0 amide bonds. The van der Waals surface area contributed by atoms with Gasteiger partial charge in [-0.2, -0.15) is 0 Å². The van der Waals surface area contributed by atoms with Crippen LogP contribution in [-0.4, -0.2) is 25.0 Å². The summed E-state index contributed by atoms with van der Waals surface area (Å²) in [6.45, 7) is 4.25. The lowest BCUT2D eigenvalue weighted by Gasteiger charge is -2.12. The van der Waals surface area contributed by atoms with Crippen molar-refractivity contribution in [3.8, 4) is 0 Å². The molecule has 0 aromatic heterocycles. The largest absolute Gasteiger partial charge is 0.465 e. The molecule has 19 heavy (non-hydrogen) atoms. The second-order valence-corrected chi connectivity index (χ2v) is 4.24. The van der Waals surface area contributed by atoms with Crippen molar-refractivity contribution in [3.63, 3.8) is 0 Å². The molecule has 0 aliphatic heterocycles. The average molecular weight is 264 g/mol. The smallest absolute Gasteiger partial charge is 0.316 e. The highest BCUT2D eigenvalue weighted by Gasteiger charge is 2.24. The highest BCUT2D eigenvalue weighted by molar-refractivity contribution is 5.97. The van der Waals surface area contributed by atoms with Crippen molar-refractivity contribution in [1.29, 1.82) is 0 Å². The number of Topliss-reactive ketones (excluding diaryl/α,β-unsaturated/α-hetero) is 1. The molecule has 1 rings (SSSR count). The van der Waals surface area contributed by atoms with Gasteiger partial charge >= 0.3 is 5.97 Å². The third-order valence-corrected chi connectivity index (χ3v) is 2.72. The Bertz CT molecular complexity index is 400. The number of hydrogen-bond acceptors (Lipinski definition) is 4. The van der Waals surface area contributed by atoms with E-state index in [1.165, 1.54) is 6.92 Å². The van der Waals surface area contributed by atoms with Crippen LogP contribution in [0.4, 0.5) is 0 Å². The van der Waals surface area contributed by atoms with Crippen LogP contribution in [0.15, 0.2) is 30.3 Å². The van der Waals surface area contributed by atoms with Crippen LogP contribution in [0.1, 0.15) is 25.8 Å². The zero-order chi connectivity index (χ0) is 14.1. The van der Waals surface area contributed by atoms with Crippen LogP contribution in [0, 0.1) is 5.92 Å². The van der Waals surface area contributed by atoms with E-state index in [1.54, 1.807) is 6.92 Å². The van der Waals surface area contributed by atoms with Crippen molar-refractivity contribution in [1.82, 2.24) is 0 Å². The first-order valence-electron chi connectivity index (χ1n) is 6.44. The van der Waals surface area contributed by atoms with E-state index in [2.05, 4.69) is 0 Å². The van der Waals surface area contributed by atoms with Gasteiger partial charge in [0.2, 0.25) is 0 Å². The van der Waals surface area contributed by atoms with Crippen molar-refractivity contribution >= 4 is 11.8 Å². The maximum absolute atomic E-state index is 11.6. The van der Waals surface area contributed by atoms with Gasteiger partial charge in [-0.05, 0) is 25.8 Å². The lowest BCUT2D eigenvalue weighted by atomic mass is 10.0. The first-order valence-corrected chi connectivity index (χ1v) is 6.44. The molecule has 0 saturated heterocycles. The molecule has 1 aromatic rings. The number of ketones is 1. The summed E-state index contributed by atoms with van der Waals surface area (Å²) in [6, 6.07) is 9.75. The molecular weight excluding hydrogens is 244 g/mol. The van der Waals surface area contributed by atoms with Crippen LogP contribution in [0.5, 0.6) is 0 Å². The number of esters is 1. The van der Waals surface area contributed by atoms with Crippen LogP contribution >= 0.6 is 0 Å². The zero-order valence-electron chi connectivity index (χ0n) is 11.4. The third kappa shape index (κ3) is 5.66. The summed E-state index contributed by atoms with van der Waals surface area (Å²) >= 11 is 0. The van der Waals surface area contributed by atoms with Gasteiger partial charge in [-0.25, -0.2) is 0 Å². The predicted molar refractivity (Wildman–Crippen MR) is 71.5 cm³/mol. The van der Waals surface area contributed by atoms with Gasteiger partial charge in [-0.1, -0.05) is 30.3 Å². The summed E-state index contributed by atoms with van der Waals surface area (Å²) in [5.74, 6) is -1.35. The Kier molecular flexibility index (Phi) is 6.82. The molecule has 4 heteroatoms. The first-order chi connectivity index (χ1) is 9.15. The fourth-order valence-electron chi connectivity index (χ4n) is 1.70. The van der Waals surface area contributed by atoms with Crippen molar-refractivity contribution in [2.24, 2.45) is 5.92 Å². The fourth-order valence-corrected chi connectivity index (χ4v) is 1.70. The van der Waals surface area contributed by atoms with Crippen LogP contribution in [0.25, 0.3) is 0 Å². The molecule has 0 N–H and O–H groups in total. The van der Waals surface area contributed by atoms with Crippen LogP contribution in [0.3, 0.4) is 0 Å². The summed E-state index contributed by atoms with van der Waals surface area (Å²) in [4.78, 5) is 22.9. The van der Waals surface area contributed by atoms with Gasteiger partial charge in [0.25, 0.3) is 0 Å². The molecule has 0 spiro atoms. The van der Waals surface area contributed by atoms with E-state index < -0.39 is 11.9 Å². The van der Waals surface area contributed by atoms with E-state index in [4.69, 9.17) is 9.47 Å². The molecule has 0 bridgehead atoms.